The van der Waals surface area contributed by atoms with E-state index in [1.165, 1.54) is 11.3 Å². The van der Waals surface area contributed by atoms with Crippen LogP contribution >= 0.6 is 11.3 Å². The van der Waals surface area contributed by atoms with Crippen LogP contribution in [0.5, 0.6) is 0 Å². The van der Waals surface area contributed by atoms with E-state index in [4.69, 9.17) is 0 Å². The van der Waals surface area contributed by atoms with Crippen molar-refractivity contribution >= 4 is 45.3 Å². The molecule has 0 aliphatic rings. The van der Waals surface area contributed by atoms with Gasteiger partial charge in [-0.15, -0.1) is 11.3 Å². The van der Waals surface area contributed by atoms with Crippen molar-refractivity contribution in [2.24, 2.45) is 5.10 Å². The van der Waals surface area contributed by atoms with Crippen molar-refractivity contribution in [1.29, 1.82) is 0 Å². The largest absolute Gasteiger partial charge is 0.321 e. The van der Waals surface area contributed by atoms with Crippen molar-refractivity contribution in [3.8, 4) is 0 Å². The lowest BCUT2D eigenvalue weighted by atomic mass is 10.0. The number of hydrogen-bond acceptors (Lipinski definition) is 4. The number of nitrogens with one attached hydrogen (secondary N) is 2. The molecule has 0 aliphatic carbocycles. The van der Waals surface area contributed by atoms with Crippen LogP contribution in [-0.4, -0.2) is 17.5 Å². The number of thiophene rings is 1. The first-order valence-electron chi connectivity index (χ1n) is 9.39. The smallest absolute Gasteiger partial charge is 0.272 e. The molecule has 0 unspecified atom stereocenters. The maximum atomic E-state index is 12.6. The quantitative estimate of drug-likeness (QED) is 0.344. The molecule has 5 nitrogen and oxygen atoms in total. The van der Waals surface area contributed by atoms with E-state index in [1.807, 2.05) is 79.0 Å². The molecule has 0 atom stereocenters. The zero-order valence-electron chi connectivity index (χ0n) is 16.3. The third-order valence-corrected chi connectivity index (χ3v) is 5.53. The van der Waals surface area contributed by atoms with E-state index in [0.717, 1.165) is 16.3 Å². The van der Waals surface area contributed by atoms with Crippen LogP contribution < -0.4 is 10.7 Å². The summed E-state index contributed by atoms with van der Waals surface area (Å²) in [5.41, 5.74) is 5.43. The Kier molecular flexibility index (Phi) is 5.68. The monoisotopic (exact) mass is 413 g/mol. The number of fused-ring (bicyclic) bond motifs is 1. The lowest BCUT2D eigenvalue weighted by Crippen LogP contribution is -2.19. The van der Waals surface area contributed by atoms with E-state index < -0.39 is 0 Å². The van der Waals surface area contributed by atoms with Crippen LogP contribution in [0.25, 0.3) is 10.8 Å². The molecular weight excluding hydrogens is 394 g/mol. The zero-order chi connectivity index (χ0) is 20.9. The van der Waals surface area contributed by atoms with Gasteiger partial charge in [0.2, 0.25) is 0 Å². The Labute approximate surface area is 178 Å². The highest BCUT2D eigenvalue weighted by molar-refractivity contribution is 7.12. The van der Waals surface area contributed by atoms with E-state index in [2.05, 4.69) is 15.8 Å². The number of hydrazone groups is 1. The van der Waals surface area contributed by atoms with Gasteiger partial charge in [0.05, 0.1) is 10.6 Å². The number of rotatable bonds is 5. The highest BCUT2D eigenvalue weighted by Gasteiger charge is 2.10. The summed E-state index contributed by atoms with van der Waals surface area (Å²) in [6, 6.07) is 24.3. The Morgan fingerprint density at radius 3 is 2.37 bits per heavy atom. The van der Waals surface area contributed by atoms with Gasteiger partial charge in [0, 0.05) is 11.3 Å². The van der Waals surface area contributed by atoms with E-state index in [1.54, 1.807) is 12.1 Å². The highest BCUT2D eigenvalue weighted by atomic mass is 32.1. The minimum absolute atomic E-state index is 0.134. The topological polar surface area (TPSA) is 70.6 Å². The van der Waals surface area contributed by atoms with Crippen LogP contribution in [0.15, 0.2) is 89.3 Å². The van der Waals surface area contributed by atoms with Gasteiger partial charge in [0.25, 0.3) is 11.8 Å². The van der Waals surface area contributed by atoms with Crippen molar-refractivity contribution in [2.45, 2.75) is 6.92 Å². The molecule has 1 aromatic heterocycles. The fourth-order valence-corrected chi connectivity index (χ4v) is 3.70. The summed E-state index contributed by atoms with van der Waals surface area (Å²) in [5.74, 6) is -0.392. The maximum absolute atomic E-state index is 12.6. The van der Waals surface area contributed by atoms with Crippen LogP contribution in [0.2, 0.25) is 0 Å². The second-order valence-electron chi connectivity index (χ2n) is 6.67. The molecule has 2 N–H and O–H groups in total. The molecule has 6 heteroatoms. The van der Waals surface area contributed by atoms with Crippen molar-refractivity contribution in [1.82, 2.24) is 5.43 Å². The Morgan fingerprint density at radius 2 is 1.60 bits per heavy atom. The Morgan fingerprint density at radius 1 is 0.833 bits per heavy atom. The molecule has 1 heterocycles. The predicted octanol–water partition coefficient (Wildman–Crippen LogP) is 5.31. The number of amides is 2. The van der Waals surface area contributed by atoms with Crippen LogP contribution in [0.4, 0.5) is 5.69 Å². The van der Waals surface area contributed by atoms with Gasteiger partial charge in [-0.25, -0.2) is 5.43 Å². The Hall–Kier alpha value is -3.77. The predicted molar refractivity (Wildman–Crippen MR) is 122 cm³/mol. The van der Waals surface area contributed by atoms with Gasteiger partial charge >= 0.3 is 0 Å². The van der Waals surface area contributed by atoms with Crippen LogP contribution in [0.3, 0.4) is 0 Å². The summed E-state index contributed by atoms with van der Waals surface area (Å²) in [6.07, 6.45) is 0. The van der Waals surface area contributed by atoms with Crippen LogP contribution in [0, 0.1) is 0 Å². The lowest BCUT2D eigenvalue weighted by molar-refractivity contribution is 0.0955. The summed E-state index contributed by atoms with van der Waals surface area (Å²) in [4.78, 5) is 25.4. The van der Waals surface area contributed by atoms with Gasteiger partial charge in [-0.1, -0.05) is 54.6 Å². The maximum Gasteiger partial charge on any atom is 0.272 e. The first kappa shape index (κ1) is 19.5. The van der Waals surface area contributed by atoms with E-state index in [0.29, 0.717) is 21.8 Å². The van der Waals surface area contributed by atoms with Crippen molar-refractivity contribution in [2.75, 3.05) is 5.32 Å². The van der Waals surface area contributed by atoms with Crippen molar-refractivity contribution in [3.05, 3.63) is 100 Å². The number of nitrogens with zero attached hydrogens (tertiary/aromatic N) is 1. The molecule has 0 aliphatic heterocycles. The lowest BCUT2D eigenvalue weighted by Gasteiger charge is -2.07. The second-order valence-corrected chi connectivity index (χ2v) is 7.62. The molecular formula is C24H19N3O2S. The Bertz CT molecular complexity index is 1220. The number of carbonyl (C=O) groups excluding carboxylic acids is 2. The number of carbonyl (C=O) groups is 2. The van der Waals surface area contributed by atoms with Crippen LogP contribution in [-0.2, 0) is 0 Å². The summed E-state index contributed by atoms with van der Waals surface area (Å²) >= 11 is 1.39. The molecule has 0 spiro atoms. The molecule has 0 radical (unpaired) electrons. The van der Waals surface area contributed by atoms with E-state index in [-0.39, 0.29) is 11.8 Å². The standard InChI is InChI=1S/C24H19N3O2S/c1-16(17-11-13-19(14-12-17)25-24(29)22-10-5-15-30-22)26-27-23(28)21-9-4-7-18-6-2-3-8-20(18)21/h2-15H,1H3,(H,25,29)(H,27,28). The first-order chi connectivity index (χ1) is 14.6. The first-order valence-corrected chi connectivity index (χ1v) is 10.3. The number of anilines is 1. The minimum atomic E-state index is -0.258. The van der Waals surface area contributed by atoms with Crippen LogP contribution in [0.1, 0.15) is 32.5 Å². The van der Waals surface area contributed by atoms with E-state index >= 15 is 0 Å². The molecule has 0 saturated carbocycles. The molecule has 0 bridgehead atoms. The molecule has 2 amide bonds. The molecule has 3 aromatic carbocycles. The molecule has 148 valence electrons. The number of hydrogen-bond donors (Lipinski definition) is 2. The SMILES string of the molecule is CC(=NNC(=O)c1cccc2ccccc12)c1ccc(NC(=O)c2cccs2)cc1. The van der Waals surface area contributed by atoms with Gasteiger partial charge in [0.15, 0.2) is 0 Å². The van der Waals surface area contributed by atoms with E-state index in [9.17, 15) is 9.59 Å². The minimum Gasteiger partial charge on any atom is -0.321 e. The van der Waals surface area contributed by atoms with Gasteiger partial charge in [0.1, 0.15) is 0 Å². The highest BCUT2D eigenvalue weighted by Crippen LogP contribution is 2.18. The normalized spacial score (nSPS) is 11.3. The fraction of sp³-hybridized carbons (Fsp3) is 0.0417. The molecule has 4 aromatic rings. The molecule has 30 heavy (non-hydrogen) atoms. The molecule has 0 fully saturated rings. The summed E-state index contributed by atoms with van der Waals surface area (Å²) in [5, 5.41) is 10.9. The summed E-state index contributed by atoms with van der Waals surface area (Å²) in [7, 11) is 0. The van der Waals surface area contributed by atoms with Gasteiger partial charge in [-0.3, -0.25) is 9.59 Å². The zero-order valence-corrected chi connectivity index (χ0v) is 17.1. The van der Waals surface area contributed by atoms with Crippen molar-refractivity contribution in [3.63, 3.8) is 0 Å². The Balaban J connectivity index is 1.44. The fourth-order valence-electron chi connectivity index (χ4n) is 3.08. The van der Waals surface area contributed by atoms with Crippen molar-refractivity contribution < 1.29 is 9.59 Å². The average Bonchev–Trinajstić information content (AvgIpc) is 3.32. The van der Waals surface area contributed by atoms with Gasteiger partial charge in [-0.05, 0) is 52.9 Å². The summed E-state index contributed by atoms with van der Waals surface area (Å²) in [6.45, 7) is 1.82. The number of benzene rings is 3. The van der Waals surface area contributed by atoms with Gasteiger partial charge in [-0.2, -0.15) is 5.10 Å². The third kappa shape index (κ3) is 4.29. The summed E-state index contributed by atoms with van der Waals surface area (Å²) < 4.78 is 0. The van der Waals surface area contributed by atoms with Gasteiger partial charge < -0.3 is 5.32 Å². The average molecular weight is 414 g/mol. The molecule has 4 rings (SSSR count). The molecule has 0 saturated heterocycles. The third-order valence-electron chi connectivity index (χ3n) is 4.66. The second kappa shape index (κ2) is 8.71.